The van der Waals surface area contributed by atoms with E-state index in [9.17, 15) is 13.2 Å². The van der Waals surface area contributed by atoms with Crippen LogP contribution in [0.25, 0.3) is 0 Å². The summed E-state index contributed by atoms with van der Waals surface area (Å²) < 4.78 is 36.8. The lowest BCUT2D eigenvalue weighted by atomic mass is 10.1. The number of hydrogen-bond acceptors (Lipinski definition) is 6. The second-order valence-corrected chi connectivity index (χ2v) is 9.85. The molecule has 0 saturated carbocycles. The van der Waals surface area contributed by atoms with Gasteiger partial charge in [-0.05, 0) is 37.1 Å². The van der Waals surface area contributed by atoms with Crippen LogP contribution in [-0.2, 0) is 10.0 Å². The Labute approximate surface area is 207 Å². The van der Waals surface area contributed by atoms with Crippen molar-refractivity contribution in [1.82, 2.24) is 0 Å². The molecule has 3 rings (SSSR count). The van der Waals surface area contributed by atoms with Crippen LogP contribution in [-0.4, -0.2) is 34.5 Å². The van der Waals surface area contributed by atoms with Gasteiger partial charge in [-0.1, -0.05) is 44.9 Å². The Bertz CT molecular complexity index is 1200. The lowest BCUT2D eigenvalue weighted by Gasteiger charge is -2.29. The molecular formula is C26H33N3O5S. The number of benzene rings is 2. The monoisotopic (exact) mass is 499 g/mol. The van der Waals surface area contributed by atoms with Crippen LogP contribution >= 0.6 is 0 Å². The summed E-state index contributed by atoms with van der Waals surface area (Å²) in [5.41, 5.74) is 1.25. The molecule has 3 aromatic rings. The maximum absolute atomic E-state index is 13.4. The van der Waals surface area contributed by atoms with Gasteiger partial charge in [0.05, 0.1) is 17.6 Å². The van der Waals surface area contributed by atoms with Gasteiger partial charge in [0, 0.05) is 31.8 Å². The molecule has 1 aromatic heterocycles. The number of sulfonamides is 1. The van der Waals surface area contributed by atoms with Crippen LogP contribution in [0.2, 0.25) is 0 Å². The van der Waals surface area contributed by atoms with E-state index in [1.807, 2.05) is 6.07 Å². The van der Waals surface area contributed by atoms with Crippen molar-refractivity contribution in [2.75, 3.05) is 29.9 Å². The fourth-order valence-electron chi connectivity index (χ4n) is 3.68. The van der Waals surface area contributed by atoms with E-state index < -0.39 is 15.9 Å². The van der Waals surface area contributed by atoms with E-state index in [4.69, 9.17) is 14.3 Å². The van der Waals surface area contributed by atoms with Crippen molar-refractivity contribution < 1.29 is 22.4 Å². The number of primary sulfonamides is 1. The lowest BCUT2D eigenvalue weighted by molar-refractivity contribution is 0.0992. The summed E-state index contributed by atoms with van der Waals surface area (Å²) in [5, 5.41) is 5.65. The lowest BCUT2D eigenvalue weighted by Crippen LogP contribution is -2.29. The highest BCUT2D eigenvalue weighted by atomic mass is 32.2. The van der Waals surface area contributed by atoms with Crippen molar-refractivity contribution in [3.63, 3.8) is 0 Å². The number of hydrogen-bond donors (Lipinski definition) is 1. The molecule has 188 valence electrons. The zero-order valence-corrected chi connectivity index (χ0v) is 21.3. The van der Waals surface area contributed by atoms with Crippen LogP contribution in [0.1, 0.15) is 49.9 Å². The molecule has 0 saturated heterocycles. The van der Waals surface area contributed by atoms with E-state index >= 15 is 0 Å². The minimum Gasteiger partial charge on any atom is -0.470 e. The second kappa shape index (κ2) is 11.9. The Morgan fingerprint density at radius 2 is 1.69 bits per heavy atom. The second-order valence-electron chi connectivity index (χ2n) is 8.32. The quantitative estimate of drug-likeness (QED) is 0.357. The van der Waals surface area contributed by atoms with Crippen molar-refractivity contribution >= 4 is 27.3 Å². The number of furan rings is 1. The van der Waals surface area contributed by atoms with Crippen molar-refractivity contribution in [1.29, 1.82) is 0 Å². The molecule has 1 heterocycles. The number of ether oxygens (including phenoxy) is 1. The van der Waals surface area contributed by atoms with Crippen LogP contribution in [0.15, 0.2) is 70.4 Å². The van der Waals surface area contributed by atoms with Crippen molar-refractivity contribution in [2.45, 2.75) is 44.4 Å². The fraction of sp³-hybridized carbons (Fsp3) is 0.346. The number of amides is 1. The van der Waals surface area contributed by atoms with Gasteiger partial charge in [-0.3, -0.25) is 4.79 Å². The average molecular weight is 500 g/mol. The van der Waals surface area contributed by atoms with Crippen LogP contribution in [0.5, 0.6) is 11.5 Å². The Balaban J connectivity index is 2.21. The number of nitrogens with two attached hydrogens (primary N) is 1. The third-order valence-electron chi connectivity index (χ3n) is 5.65. The molecule has 0 radical (unpaired) electrons. The first-order valence-corrected chi connectivity index (χ1v) is 13.3. The number of nitrogens with zero attached hydrogens (tertiary/aromatic N) is 2. The number of carbonyl (C=O) groups is 1. The Hall–Kier alpha value is -3.30. The summed E-state index contributed by atoms with van der Waals surface area (Å²) in [6, 6.07) is 13.6. The van der Waals surface area contributed by atoms with Gasteiger partial charge in [-0.15, -0.1) is 0 Å². The van der Waals surface area contributed by atoms with Crippen LogP contribution in [0.4, 0.5) is 11.4 Å². The Kier molecular flexibility index (Phi) is 8.95. The smallest absolute Gasteiger partial charge is 0.258 e. The molecule has 1 amide bonds. The minimum absolute atomic E-state index is 0.119. The van der Waals surface area contributed by atoms with Crippen molar-refractivity contribution in [2.24, 2.45) is 5.14 Å². The van der Waals surface area contributed by atoms with Gasteiger partial charge in [-0.2, -0.15) is 0 Å². The summed E-state index contributed by atoms with van der Waals surface area (Å²) in [4.78, 5) is 16.6. The number of unbranched alkanes of at least 4 members (excludes halogenated alkanes) is 2. The summed E-state index contributed by atoms with van der Waals surface area (Å²) >= 11 is 0. The molecular weight excluding hydrogens is 466 g/mol. The van der Waals surface area contributed by atoms with E-state index in [0.29, 0.717) is 30.2 Å². The van der Waals surface area contributed by atoms with Crippen molar-refractivity contribution in [3.8, 4) is 11.5 Å². The minimum atomic E-state index is -4.23. The van der Waals surface area contributed by atoms with Crippen LogP contribution in [0.3, 0.4) is 0 Å². The van der Waals surface area contributed by atoms with E-state index in [0.717, 1.165) is 25.7 Å². The fourth-order valence-corrected chi connectivity index (χ4v) is 4.37. The zero-order valence-electron chi connectivity index (χ0n) is 20.4. The molecule has 0 bridgehead atoms. The summed E-state index contributed by atoms with van der Waals surface area (Å²) in [5.74, 6) is 0.197. The van der Waals surface area contributed by atoms with Gasteiger partial charge in [0.15, 0.2) is 5.75 Å². The van der Waals surface area contributed by atoms with Crippen LogP contribution in [0, 0.1) is 0 Å². The largest absolute Gasteiger partial charge is 0.470 e. The summed E-state index contributed by atoms with van der Waals surface area (Å²) in [6.45, 7) is 5.55. The third kappa shape index (κ3) is 6.64. The standard InChI is InChI=1S/C26H33N3O5S/c1-4-6-14-29(15-7-5-2)23-17-20(26(30)28(3)21-13-16-33-19-21)18-24(35(27,31)32)25(23)34-22-11-9-8-10-12-22/h8-13,16-19H,4-7,14-15H2,1-3H3,(H2,27,31,32). The summed E-state index contributed by atoms with van der Waals surface area (Å²) in [6.07, 6.45) is 6.62. The van der Waals surface area contributed by atoms with Crippen molar-refractivity contribution in [3.05, 3.63) is 66.6 Å². The normalized spacial score (nSPS) is 11.3. The molecule has 0 unspecified atom stereocenters. The van der Waals surface area contributed by atoms with Gasteiger partial charge in [0.25, 0.3) is 5.91 Å². The average Bonchev–Trinajstić information content (AvgIpc) is 3.38. The first kappa shape index (κ1) is 26.3. The molecule has 2 N–H and O–H groups in total. The van der Waals surface area contributed by atoms with Gasteiger partial charge in [0.1, 0.15) is 16.9 Å². The number of carbonyl (C=O) groups excluding carboxylic acids is 1. The van der Waals surface area contributed by atoms with Gasteiger partial charge < -0.3 is 19.0 Å². The maximum Gasteiger partial charge on any atom is 0.258 e. The summed E-state index contributed by atoms with van der Waals surface area (Å²) in [7, 11) is -2.63. The molecule has 0 spiro atoms. The third-order valence-corrected chi connectivity index (χ3v) is 6.57. The molecule has 35 heavy (non-hydrogen) atoms. The Morgan fingerprint density at radius 3 is 2.23 bits per heavy atom. The van der Waals surface area contributed by atoms with Crippen LogP contribution < -0.4 is 19.7 Å². The Morgan fingerprint density at radius 1 is 1.03 bits per heavy atom. The highest BCUT2D eigenvalue weighted by Gasteiger charge is 2.27. The highest BCUT2D eigenvalue weighted by Crippen LogP contribution is 2.40. The topological polar surface area (TPSA) is 106 Å². The molecule has 0 aliphatic rings. The van der Waals surface area contributed by atoms with Gasteiger partial charge >= 0.3 is 0 Å². The molecule has 9 heteroatoms. The molecule has 0 aliphatic heterocycles. The predicted octanol–water partition coefficient (Wildman–Crippen LogP) is 5.40. The van der Waals surface area contributed by atoms with E-state index in [2.05, 4.69) is 18.7 Å². The molecule has 8 nitrogen and oxygen atoms in total. The van der Waals surface area contributed by atoms with Gasteiger partial charge in [0.2, 0.25) is 10.0 Å². The first-order chi connectivity index (χ1) is 16.8. The van der Waals surface area contributed by atoms with E-state index in [-0.39, 0.29) is 16.2 Å². The number of anilines is 2. The number of rotatable bonds is 12. The van der Waals surface area contributed by atoms with E-state index in [1.54, 1.807) is 43.4 Å². The highest BCUT2D eigenvalue weighted by molar-refractivity contribution is 7.89. The molecule has 0 fully saturated rings. The van der Waals surface area contributed by atoms with E-state index in [1.165, 1.54) is 23.5 Å². The molecule has 2 aromatic carbocycles. The first-order valence-electron chi connectivity index (χ1n) is 11.7. The van der Waals surface area contributed by atoms with Gasteiger partial charge in [-0.25, -0.2) is 13.6 Å². The zero-order chi connectivity index (χ0) is 25.4. The molecule has 0 atom stereocenters. The predicted molar refractivity (Wildman–Crippen MR) is 138 cm³/mol. The SMILES string of the molecule is CCCCN(CCCC)c1cc(C(=O)N(C)c2ccoc2)cc(S(N)(=O)=O)c1Oc1ccccc1. The maximum atomic E-state index is 13.4. The molecule has 0 aliphatic carbocycles. The number of para-hydroxylation sites is 1.